The van der Waals surface area contributed by atoms with Crippen LogP contribution in [0.5, 0.6) is 0 Å². The first-order valence-electron chi connectivity index (χ1n) is 12.7. The van der Waals surface area contributed by atoms with Crippen molar-refractivity contribution in [1.29, 1.82) is 5.26 Å². The van der Waals surface area contributed by atoms with Crippen LogP contribution in [0.25, 0.3) is 10.8 Å². The molecule has 37 heavy (non-hydrogen) atoms. The lowest BCUT2D eigenvalue weighted by Crippen LogP contribution is -2.51. The Labute approximate surface area is 218 Å². The van der Waals surface area contributed by atoms with Crippen molar-refractivity contribution < 1.29 is 14.4 Å². The third-order valence-electron chi connectivity index (χ3n) is 7.54. The molecule has 1 saturated heterocycles. The number of likely N-dealkylation sites (tertiary alicyclic amines) is 1. The molecule has 3 atom stereocenters. The van der Waals surface area contributed by atoms with Gasteiger partial charge < -0.3 is 15.1 Å². The monoisotopic (exact) mass is 498 g/mol. The zero-order valence-corrected chi connectivity index (χ0v) is 22.1. The summed E-state index contributed by atoms with van der Waals surface area (Å²) in [4.78, 5) is 43.7. The molecule has 3 amide bonds. The van der Waals surface area contributed by atoms with Gasteiger partial charge in [0.05, 0.1) is 11.5 Å². The molecule has 0 radical (unpaired) electrons. The summed E-state index contributed by atoms with van der Waals surface area (Å²) in [5, 5.41) is 14.9. The van der Waals surface area contributed by atoms with Crippen molar-refractivity contribution in [1.82, 2.24) is 15.1 Å². The molecule has 2 aliphatic rings. The molecule has 7 heteroatoms. The summed E-state index contributed by atoms with van der Waals surface area (Å²) < 4.78 is 0. The average Bonchev–Trinajstić information content (AvgIpc) is 3.39. The van der Waals surface area contributed by atoms with Gasteiger partial charge in [0, 0.05) is 31.3 Å². The lowest BCUT2D eigenvalue weighted by atomic mass is 9.78. The summed E-state index contributed by atoms with van der Waals surface area (Å²) >= 11 is 0. The van der Waals surface area contributed by atoms with Crippen LogP contribution in [0.3, 0.4) is 0 Å². The van der Waals surface area contributed by atoms with E-state index in [-0.39, 0.29) is 36.6 Å². The molecule has 192 valence electrons. The summed E-state index contributed by atoms with van der Waals surface area (Å²) in [5.41, 5.74) is 1.10. The van der Waals surface area contributed by atoms with E-state index in [9.17, 15) is 19.6 Å². The van der Waals surface area contributed by atoms with Gasteiger partial charge >= 0.3 is 0 Å². The third kappa shape index (κ3) is 4.64. The summed E-state index contributed by atoms with van der Waals surface area (Å²) in [6.07, 6.45) is 4.43. The number of amides is 3. The number of carbonyl (C=O) groups is 3. The van der Waals surface area contributed by atoms with Gasteiger partial charge in [0.1, 0.15) is 12.1 Å². The molecule has 0 saturated carbocycles. The molecular formula is C30H34N4O3. The Morgan fingerprint density at radius 2 is 1.95 bits per heavy atom. The lowest BCUT2D eigenvalue weighted by Gasteiger charge is -2.33. The van der Waals surface area contributed by atoms with E-state index in [2.05, 4.69) is 11.4 Å². The van der Waals surface area contributed by atoms with Gasteiger partial charge in [0.25, 0.3) is 5.91 Å². The molecule has 2 aromatic rings. The van der Waals surface area contributed by atoms with Crippen molar-refractivity contribution in [2.45, 2.75) is 52.6 Å². The maximum atomic E-state index is 14.0. The first-order chi connectivity index (χ1) is 17.6. The van der Waals surface area contributed by atoms with Crippen molar-refractivity contribution >= 4 is 28.5 Å². The van der Waals surface area contributed by atoms with E-state index in [1.807, 2.05) is 76.2 Å². The maximum absolute atomic E-state index is 14.0. The highest BCUT2D eigenvalue weighted by Gasteiger charge is 2.56. The third-order valence-corrected chi connectivity index (χ3v) is 7.54. The van der Waals surface area contributed by atoms with E-state index < -0.39 is 17.5 Å². The van der Waals surface area contributed by atoms with Gasteiger partial charge in [-0.15, -0.1) is 0 Å². The SMILES string of the molecule is C/C=C\C1=C(C)NC(=O)[C@]12C[C@@H](C#N)N(C(=O)[C@H](CC(C)C)N(C)C(=O)c1ccc3ccccc3c1)C2. The Kier molecular flexibility index (Phi) is 7.22. The molecule has 0 aliphatic carbocycles. The standard InChI is InChI=1S/C30H34N4O3/c1-6-9-25-20(4)32-29(37)30(25)16-24(17-31)34(18-30)28(36)26(14-19(2)3)33(5)27(35)23-13-12-21-10-7-8-11-22(21)15-23/h6-13,15,19,24,26H,14,16,18H2,1-5H3,(H,32,37)/b9-6-/t24-,26-,30-/m0/s1. The van der Waals surface area contributed by atoms with Gasteiger partial charge in [-0.1, -0.05) is 56.3 Å². The van der Waals surface area contributed by atoms with Crippen molar-refractivity contribution in [3.05, 3.63) is 71.5 Å². The fourth-order valence-electron chi connectivity index (χ4n) is 5.63. The Hall–Kier alpha value is -3.92. The Bertz CT molecular complexity index is 1350. The molecule has 0 bridgehead atoms. The van der Waals surface area contributed by atoms with Crippen LogP contribution in [0, 0.1) is 22.7 Å². The van der Waals surface area contributed by atoms with Crippen molar-refractivity contribution in [3.8, 4) is 6.07 Å². The molecule has 0 aromatic heterocycles. The highest BCUT2D eigenvalue weighted by Crippen LogP contribution is 2.46. The number of likely N-dealkylation sites (N-methyl/N-ethyl adjacent to an activating group) is 1. The molecule has 1 spiro atoms. The molecule has 7 nitrogen and oxygen atoms in total. The molecule has 4 rings (SSSR count). The number of carbonyl (C=O) groups excluding carboxylic acids is 3. The average molecular weight is 499 g/mol. The minimum absolute atomic E-state index is 0.111. The molecule has 2 aromatic carbocycles. The quantitative estimate of drug-likeness (QED) is 0.638. The van der Waals surface area contributed by atoms with E-state index in [0.717, 1.165) is 22.0 Å². The molecule has 2 aliphatic heterocycles. The molecular weight excluding hydrogens is 464 g/mol. The van der Waals surface area contributed by atoms with E-state index in [4.69, 9.17) is 0 Å². The number of nitrogens with zero attached hydrogens (tertiary/aromatic N) is 3. The predicted octanol–water partition coefficient (Wildman–Crippen LogP) is 4.42. The Morgan fingerprint density at radius 1 is 1.24 bits per heavy atom. The first kappa shape index (κ1) is 26.2. The first-order valence-corrected chi connectivity index (χ1v) is 12.7. The van der Waals surface area contributed by atoms with Crippen molar-refractivity contribution in [2.75, 3.05) is 13.6 Å². The number of nitriles is 1. The molecule has 2 heterocycles. The predicted molar refractivity (Wildman–Crippen MR) is 143 cm³/mol. The van der Waals surface area contributed by atoms with Gasteiger partial charge in [-0.3, -0.25) is 14.4 Å². The second-order valence-electron chi connectivity index (χ2n) is 10.5. The summed E-state index contributed by atoms with van der Waals surface area (Å²) in [5.74, 6) is -0.606. The number of fused-ring (bicyclic) bond motifs is 1. The number of benzene rings is 2. The summed E-state index contributed by atoms with van der Waals surface area (Å²) in [6.45, 7) is 7.83. The van der Waals surface area contributed by atoms with Crippen molar-refractivity contribution in [2.24, 2.45) is 11.3 Å². The number of hydrogen-bond acceptors (Lipinski definition) is 4. The second kappa shape index (κ2) is 10.2. The van der Waals surface area contributed by atoms with Gasteiger partial charge in [-0.25, -0.2) is 0 Å². The van der Waals surface area contributed by atoms with E-state index in [1.54, 1.807) is 13.1 Å². The smallest absolute Gasteiger partial charge is 0.254 e. The maximum Gasteiger partial charge on any atom is 0.254 e. The van der Waals surface area contributed by atoms with E-state index in [0.29, 0.717) is 12.0 Å². The van der Waals surface area contributed by atoms with Crippen LogP contribution in [-0.2, 0) is 9.59 Å². The van der Waals surface area contributed by atoms with Gasteiger partial charge in [0.15, 0.2) is 0 Å². The molecule has 0 unspecified atom stereocenters. The topological polar surface area (TPSA) is 93.5 Å². The van der Waals surface area contributed by atoms with Crippen LogP contribution >= 0.6 is 0 Å². The van der Waals surface area contributed by atoms with Gasteiger partial charge in [-0.05, 0) is 54.7 Å². The number of hydrogen-bond donors (Lipinski definition) is 1. The second-order valence-corrected chi connectivity index (χ2v) is 10.5. The lowest BCUT2D eigenvalue weighted by molar-refractivity contribution is -0.137. The van der Waals surface area contributed by atoms with Crippen LogP contribution in [-0.4, -0.2) is 53.2 Å². The van der Waals surface area contributed by atoms with E-state index >= 15 is 0 Å². The van der Waals surface area contributed by atoms with Crippen LogP contribution in [0.15, 0.2) is 65.9 Å². The summed E-state index contributed by atoms with van der Waals surface area (Å²) in [7, 11) is 1.65. The number of nitrogens with one attached hydrogen (secondary N) is 1. The normalized spacial score (nSPS) is 22.2. The highest BCUT2D eigenvalue weighted by atomic mass is 16.2. The number of allylic oxidation sites excluding steroid dienone is 3. The largest absolute Gasteiger partial charge is 0.330 e. The minimum Gasteiger partial charge on any atom is -0.330 e. The van der Waals surface area contributed by atoms with Gasteiger partial charge in [0.2, 0.25) is 11.8 Å². The van der Waals surface area contributed by atoms with Crippen molar-refractivity contribution in [3.63, 3.8) is 0 Å². The zero-order chi connectivity index (χ0) is 26.9. The molecule has 1 N–H and O–H groups in total. The minimum atomic E-state index is -0.962. The molecule has 1 fully saturated rings. The fourth-order valence-corrected chi connectivity index (χ4v) is 5.63. The Balaban J connectivity index is 1.66. The van der Waals surface area contributed by atoms with Crippen LogP contribution in [0.1, 0.15) is 50.9 Å². The van der Waals surface area contributed by atoms with Crippen LogP contribution in [0.4, 0.5) is 0 Å². The Morgan fingerprint density at radius 3 is 2.59 bits per heavy atom. The van der Waals surface area contributed by atoms with Gasteiger partial charge in [-0.2, -0.15) is 5.26 Å². The van der Waals surface area contributed by atoms with E-state index in [1.165, 1.54) is 9.80 Å². The summed E-state index contributed by atoms with van der Waals surface area (Å²) in [6, 6.07) is 14.1. The highest BCUT2D eigenvalue weighted by molar-refractivity contribution is 6.01. The fraction of sp³-hybridized carbons (Fsp3) is 0.400. The zero-order valence-electron chi connectivity index (χ0n) is 22.1. The van der Waals surface area contributed by atoms with Crippen LogP contribution in [0.2, 0.25) is 0 Å². The number of rotatable bonds is 6. The van der Waals surface area contributed by atoms with Crippen LogP contribution < -0.4 is 5.32 Å².